The zero-order valence-corrected chi connectivity index (χ0v) is 16.2. The summed E-state index contributed by atoms with van der Waals surface area (Å²) in [6, 6.07) is 20.3. The topological polar surface area (TPSA) is 43.4 Å². The van der Waals surface area contributed by atoms with E-state index in [0.29, 0.717) is 13.2 Å². The van der Waals surface area contributed by atoms with Gasteiger partial charge in [-0.3, -0.25) is 4.98 Å². The van der Waals surface area contributed by atoms with Gasteiger partial charge in [0.2, 0.25) is 0 Å². The molecule has 0 aliphatic heterocycles. The van der Waals surface area contributed by atoms with Crippen molar-refractivity contribution in [3.8, 4) is 11.5 Å². The second-order valence-electron chi connectivity index (χ2n) is 5.95. The third kappa shape index (κ3) is 6.59. The molecule has 0 fully saturated rings. The third-order valence-corrected chi connectivity index (χ3v) is 3.95. The number of nitrogens with one attached hydrogen (secondary N) is 1. The molecule has 2 aromatic carbocycles. The summed E-state index contributed by atoms with van der Waals surface area (Å²) < 4.78 is 11.7. The van der Waals surface area contributed by atoms with Crippen molar-refractivity contribution in [2.24, 2.45) is 0 Å². The number of halogens is 1. The number of rotatable bonds is 9. The fourth-order valence-corrected chi connectivity index (χ4v) is 2.64. The minimum atomic E-state index is 0. The van der Waals surface area contributed by atoms with Crippen LogP contribution >= 0.6 is 12.4 Å². The maximum absolute atomic E-state index is 5.95. The second kappa shape index (κ2) is 11.2. The highest BCUT2D eigenvalue weighted by Gasteiger charge is 2.07. The first kappa shape index (κ1) is 20.7. The van der Waals surface area contributed by atoms with E-state index in [2.05, 4.69) is 28.5 Å². The van der Waals surface area contributed by atoms with Crippen LogP contribution < -0.4 is 14.8 Å². The van der Waals surface area contributed by atoms with E-state index in [1.54, 1.807) is 0 Å². The van der Waals surface area contributed by atoms with Crippen LogP contribution in [-0.2, 0) is 19.7 Å². The molecule has 0 aliphatic carbocycles. The van der Waals surface area contributed by atoms with Gasteiger partial charge < -0.3 is 14.8 Å². The monoisotopic (exact) mass is 384 g/mol. The summed E-state index contributed by atoms with van der Waals surface area (Å²) in [6.07, 6.45) is 3.62. The number of ether oxygens (including phenoxy) is 2. The number of pyridine rings is 1. The Bertz CT molecular complexity index is 798. The molecule has 0 spiro atoms. The van der Waals surface area contributed by atoms with E-state index in [1.165, 1.54) is 5.56 Å². The van der Waals surface area contributed by atoms with E-state index >= 15 is 0 Å². The summed E-state index contributed by atoms with van der Waals surface area (Å²) in [7, 11) is 0. The first-order valence-electron chi connectivity index (χ1n) is 8.87. The zero-order valence-electron chi connectivity index (χ0n) is 15.4. The molecule has 0 saturated heterocycles. The van der Waals surface area contributed by atoms with Crippen molar-refractivity contribution in [2.45, 2.75) is 26.6 Å². The van der Waals surface area contributed by atoms with Crippen molar-refractivity contribution in [1.82, 2.24) is 10.3 Å². The maximum atomic E-state index is 5.95. The summed E-state index contributed by atoms with van der Waals surface area (Å²) in [6.45, 7) is 4.69. The highest BCUT2D eigenvalue weighted by Crippen LogP contribution is 2.29. The number of aromatic nitrogens is 1. The number of benzene rings is 2. The van der Waals surface area contributed by atoms with E-state index in [-0.39, 0.29) is 12.4 Å². The maximum Gasteiger partial charge on any atom is 0.161 e. The molecule has 3 rings (SSSR count). The van der Waals surface area contributed by atoms with Crippen LogP contribution in [-0.4, -0.2) is 11.6 Å². The lowest BCUT2D eigenvalue weighted by atomic mass is 10.2. The van der Waals surface area contributed by atoms with Crippen LogP contribution in [0, 0.1) is 0 Å². The number of hydrogen-bond donors (Lipinski definition) is 1. The molecule has 0 radical (unpaired) electrons. The second-order valence-corrected chi connectivity index (χ2v) is 5.95. The molecular weight excluding hydrogens is 360 g/mol. The molecule has 4 nitrogen and oxygen atoms in total. The Morgan fingerprint density at radius 1 is 0.778 bits per heavy atom. The highest BCUT2D eigenvalue weighted by molar-refractivity contribution is 5.85. The van der Waals surface area contributed by atoms with Crippen LogP contribution in [0.1, 0.15) is 23.6 Å². The molecule has 1 heterocycles. The number of nitrogens with zero attached hydrogens (tertiary/aromatic N) is 1. The normalized spacial score (nSPS) is 10.1. The van der Waals surface area contributed by atoms with Crippen molar-refractivity contribution < 1.29 is 9.47 Å². The quantitative estimate of drug-likeness (QED) is 0.577. The molecule has 0 bridgehead atoms. The Hall–Kier alpha value is -2.56. The van der Waals surface area contributed by atoms with Gasteiger partial charge in [-0.05, 0) is 47.9 Å². The predicted octanol–water partition coefficient (Wildman–Crippen LogP) is 4.77. The molecule has 0 aliphatic rings. The average Bonchev–Trinajstić information content (AvgIpc) is 2.69. The minimum absolute atomic E-state index is 0. The van der Waals surface area contributed by atoms with Gasteiger partial charge in [0.1, 0.15) is 6.61 Å². The van der Waals surface area contributed by atoms with Gasteiger partial charge in [-0.15, -0.1) is 12.4 Å². The lowest BCUT2D eigenvalue weighted by Gasteiger charge is -2.14. The lowest BCUT2D eigenvalue weighted by Crippen LogP contribution is -2.13. The van der Waals surface area contributed by atoms with Crippen LogP contribution in [0.25, 0.3) is 0 Å². The SMILES string of the molecule is CCOc1cc(CNCc2ccncc2)ccc1OCc1ccccc1.Cl. The van der Waals surface area contributed by atoms with Gasteiger partial charge in [0.05, 0.1) is 6.61 Å². The van der Waals surface area contributed by atoms with Crippen LogP contribution in [0.15, 0.2) is 73.1 Å². The van der Waals surface area contributed by atoms with E-state index in [9.17, 15) is 0 Å². The summed E-state index contributed by atoms with van der Waals surface area (Å²) in [5.74, 6) is 1.56. The van der Waals surface area contributed by atoms with Crippen molar-refractivity contribution in [2.75, 3.05) is 6.61 Å². The average molecular weight is 385 g/mol. The van der Waals surface area contributed by atoms with Gasteiger partial charge in [-0.2, -0.15) is 0 Å². The molecule has 27 heavy (non-hydrogen) atoms. The van der Waals surface area contributed by atoms with Gasteiger partial charge in [0, 0.05) is 25.5 Å². The highest BCUT2D eigenvalue weighted by atomic mass is 35.5. The summed E-state index contributed by atoms with van der Waals surface area (Å²) in [4.78, 5) is 4.03. The van der Waals surface area contributed by atoms with Crippen molar-refractivity contribution in [3.05, 3.63) is 89.7 Å². The van der Waals surface area contributed by atoms with Crippen LogP contribution in [0.4, 0.5) is 0 Å². The first-order valence-corrected chi connectivity index (χ1v) is 8.87. The molecule has 3 aromatic rings. The van der Waals surface area contributed by atoms with Gasteiger partial charge in [-0.25, -0.2) is 0 Å². The Kier molecular flexibility index (Phi) is 8.62. The lowest BCUT2D eigenvalue weighted by molar-refractivity contribution is 0.269. The van der Waals surface area contributed by atoms with Crippen molar-refractivity contribution in [3.63, 3.8) is 0 Å². The van der Waals surface area contributed by atoms with Crippen LogP contribution in [0.5, 0.6) is 11.5 Å². The summed E-state index contributed by atoms with van der Waals surface area (Å²) in [5.41, 5.74) is 3.51. The van der Waals surface area contributed by atoms with Gasteiger partial charge in [0.15, 0.2) is 11.5 Å². The Morgan fingerprint density at radius 3 is 2.26 bits per heavy atom. The molecule has 142 valence electrons. The largest absolute Gasteiger partial charge is 0.490 e. The summed E-state index contributed by atoms with van der Waals surface area (Å²) in [5, 5.41) is 3.44. The molecule has 0 atom stereocenters. The van der Waals surface area contributed by atoms with E-state index in [1.807, 2.05) is 61.8 Å². The van der Waals surface area contributed by atoms with Crippen molar-refractivity contribution in [1.29, 1.82) is 0 Å². The minimum Gasteiger partial charge on any atom is -0.490 e. The van der Waals surface area contributed by atoms with Gasteiger partial charge in [-0.1, -0.05) is 36.4 Å². The standard InChI is InChI=1S/C22H24N2O2.ClH/c1-2-25-22-14-20(16-24-15-18-10-12-23-13-11-18)8-9-21(22)26-17-19-6-4-3-5-7-19;/h3-14,24H,2,15-17H2,1H3;1H. The van der Waals surface area contributed by atoms with E-state index in [0.717, 1.165) is 35.7 Å². The Morgan fingerprint density at radius 2 is 1.52 bits per heavy atom. The first-order chi connectivity index (χ1) is 12.8. The van der Waals surface area contributed by atoms with Crippen LogP contribution in [0.3, 0.4) is 0 Å². The number of hydrogen-bond acceptors (Lipinski definition) is 4. The molecule has 1 aromatic heterocycles. The fourth-order valence-electron chi connectivity index (χ4n) is 2.64. The molecule has 0 saturated carbocycles. The fraction of sp³-hybridized carbons (Fsp3) is 0.227. The van der Waals surface area contributed by atoms with Gasteiger partial charge >= 0.3 is 0 Å². The zero-order chi connectivity index (χ0) is 18.0. The molecular formula is C22H25ClN2O2. The molecule has 0 unspecified atom stereocenters. The summed E-state index contributed by atoms with van der Waals surface area (Å²) >= 11 is 0. The molecule has 1 N–H and O–H groups in total. The van der Waals surface area contributed by atoms with E-state index < -0.39 is 0 Å². The Labute approximate surface area is 167 Å². The van der Waals surface area contributed by atoms with Gasteiger partial charge in [0.25, 0.3) is 0 Å². The molecule has 0 amide bonds. The Balaban J connectivity index is 0.00000261. The van der Waals surface area contributed by atoms with Crippen molar-refractivity contribution >= 4 is 12.4 Å². The van der Waals surface area contributed by atoms with E-state index in [4.69, 9.17) is 9.47 Å². The predicted molar refractivity (Wildman–Crippen MR) is 110 cm³/mol. The third-order valence-electron chi connectivity index (χ3n) is 3.95. The van der Waals surface area contributed by atoms with Crippen LogP contribution in [0.2, 0.25) is 0 Å². The molecule has 5 heteroatoms. The smallest absolute Gasteiger partial charge is 0.161 e.